The molecule has 2 aromatic rings. The first kappa shape index (κ1) is 25.2. The SMILES string of the molecule is C=C(C)c1ccc(C)cc1-c1c(O)cc(CCCCC)c(C(=O)NS(=O)(=O)/C=C/C)c1O. The van der Waals surface area contributed by atoms with E-state index in [1.807, 2.05) is 30.7 Å². The maximum atomic E-state index is 13.0. The van der Waals surface area contributed by atoms with E-state index in [-0.39, 0.29) is 16.9 Å². The molecule has 0 bridgehead atoms. The summed E-state index contributed by atoms with van der Waals surface area (Å²) in [6.07, 6.45) is 4.25. The van der Waals surface area contributed by atoms with Crippen molar-refractivity contribution < 1.29 is 23.4 Å². The quantitative estimate of drug-likeness (QED) is 0.436. The van der Waals surface area contributed by atoms with Crippen LogP contribution < -0.4 is 4.72 Å². The highest BCUT2D eigenvalue weighted by Crippen LogP contribution is 2.44. The molecule has 2 rings (SSSR count). The van der Waals surface area contributed by atoms with Crippen LogP contribution >= 0.6 is 0 Å². The molecule has 0 fully saturated rings. The van der Waals surface area contributed by atoms with Crippen molar-refractivity contribution >= 4 is 21.5 Å². The Kier molecular flexibility index (Phi) is 8.27. The van der Waals surface area contributed by atoms with Crippen molar-refractivity contribution in [1.82, 2.24) is 4.72 Å². The minimum atomic E-state index is -4.02. The third-order valence-electron chi connectivity index (χ3n) is 5.09. The number of unbranched alkanes of at least 4 members (excludes halogenated alkanes) is 2. The molecule has 1 amide bonds. The number of sulfonamides is 1. The summed E-state index contributed by atoms with van der Waals surface area (Å²) in [6, 6.07) is 6.94. The zero-order valence-electron chi connectivity index (χ0n) is 19.0. The summed E-state index contributed by atoms with van der Waals surface area (Å²) in [4.78, 5) is 13.0. The third kappa shape index (κ3) is 5.79. The van der Waals surface area contributed by atoms with Gasteiger partial charge in [0.1, 0.15) is 11.5 Å². The molecule has 0 atom stereocenters. The molecule has 6 nitrogen and oxygen atoms in total. The van der Waals surface area contributed by atoms with Crippen LogP contribution in [0.15, 0.2) is 42.3 Å². The monoisotopic (exact) mass is 457 g/mol. The Morgan fingerprint density at radius 3 is 2.47 bits per heavy atom. The Labute approximate surface area is 190 Å². The van der Waals surface area contributed by atoms with Crippen molar-refractivity contribution in [2.24, 2.45) is 0 Å². The molecule has 2 aromatic carbocycles. The summed E-state index contributed by atoms with van der Waals surface area (Å²) >= 11 is 0. The van der Waals surface area contributed by atoms with Gasteiger partial charge in [0.2, 0.25) is 0 Å². The number of carbonyl (C=O) groups is 1. The molecule has 172 valence electrons. The molecule has 7 heteroatoms. The lowest BCUT2D eigenvalue weighted by atomic mass is 9.89. The smallest absolute Gasteiger partial charge is 0.269 e. The van der Waals surface area contributed by atoms with Gasteiger partial charge in [0.15, 0.2) is 0 Å². The molecule has 0 saturated carbocycles. The second kappa shape index (κ2) is 10.5. The van der Waals surface area contributed by atoms with Crippen LogP contribution in [0.2, 0.25) is 0 Å². The molecule has 0 aliphatic rings. The van der Waals surface area contributed by atoms with Gasteiger partial charge >= 0.3 is 0 Å². The van der Waals surface area contributed by atoms with Gasteiger partial charge in [-0.3, -0.25) is 4.79 Å². The normalized spacial score (nSPS) is 11.6. The van der Waals surface area contributed by atoms with E-state index in [0.29, 0.717) is 28.7 Å². The first-order valence-corrected chi connectivity index (χ1v) is 12.1. The number of nitrogens with one attached hydrogen (secondary N) is 1. The Hall–Kier alpha value is -3.06. The van der Waals surface area contributed by atoms with Crippen molar-refractivity contribution in [3.05, 3.63) is 64.6 Å². The molecule has 0 unspecified atom stereocenters. The summed E-state index contributed by atoms with van der Waals surface area (Å²) < 4.78 is 26.3. The Bertz CT molecular complexity index is 1160. The number of amides is 1. The number of aryl methyl sites for hydroxylation is 2. The summed E-state index contributed by atoms with van der Waals surface area (Å²) in [5, 5.41) is 22.9. The van der Waals surface area contributed by atoms with Crippen LogP contribution in [0.25, 0.3) is 16.7 Å². The minimum Gasteiger partial charge on any atom is -0.507 e. The average molecular weight is 458 g/mol. The van der Waals surface area contributed by atoms with E-state index in [9.17, 15) is 23.4 Å². The van der Waals surface area contributed by atoms with Gasteiger partial charge in [-0.15, -0.1) is 0 Å². The maximum absolute atomic E-state index is 13.0. The van der Waals surface area contributed by atoms with Gasteiger partial charge < -0.3 is 10.2 Å². The lowest BCUT2D eigenvalue weighted by Gasteiger charge is -2.19. The first-order valence-electron chi connectivity index (χ1n) is 10.6. The van der Waals surface area contributed by atoms with Gasteiger partial charge in [-0.2, -0.15) is 0 Å². The van der Waals surface area contributed by atoms with Crippen LogP contribution in [0.1, 0.15) is 67.1 Å². The second-order valence-corrected chi connectivity index (χ2v) is 9.45. The lowest BCUT2D eigenvalue weighted by Crippen LogP contribution is -2.29. The van der Waals surface area contributed by atoms with E-state index in [4.69, 9.17) is 0 Å². The van der Waals surface area contributed by atoms with E-state index in [0.717, 1.165) is 30.2 Å². The second-order valence-electron chi connectivity index (χ2n) is 7.89. The number of allylic oxidation sites excluding steroid dienone is 2. The van der Waals surface area contributed by atoms with E-state index in [2.05, 4.69) is 6.58 Å². The zero-order valence-corrected chi connectivity index (χ0v) is 19.8. The zero-order chi connectivity index (χ0) is 24.1. The van der Waals surface area contributed by atoms with Gasteiger partial charge in [0.05, 0.1) is 11.1 Å². The Balaban J connectivity index is 2.77. The van der Waals surface area contributed by atoms with Gasteiger partial charge in [0.25, 0.3) is 15.9 Å². The Morgan fingerprint density at radius 1 is 1.19 bits per heavy atom. The molecular formula is C25H31NO5S. The van der Waals surface area contributed by atoms with Gasteiger partial charge in [-0.1, -0.05) is 61.8 Å². The number of rotatable bonds is 9. The largest absolute Gasteiger partial charge is 0.507 e. The summed E-state index contributed by atoms with van der Waals surface area (Å²) in [7, 11) is -4.02. The number of carbonyl (C=O) groups excluding carboxylic acids is 1. The van der Waals surface area contributed by atoms with Crippen LogP contribution in [0, 0.1) is 6.92 Å². The minimum absolute atomic E-state index is 0.0690. The maximum Gasteiger partial charge on any atom is 0.269 e. The Morgan fingerprint density at radius 2 is 1.88 bits per heavy atom. The fourth-order valence-corrected chi connectivity index (χ4v) is 4.41. The predicted molar refractivity (Wildman–Crippen MR) is 129 cm³/mol. The molecule has 0 spiro atoms. The van der Waals surface area contributed by atoms with E-state index < -0.39 is 21.7 Å². The van der Waals surface area contributed by atoms with E-state index in [1.165, 1.54) is 19.1 Å². The molecule has 0 aliphatic heterocycles. The number of hydrogen-bond donors (Lipinski definition) is 3. The molecule has 0 aromatic heterocycles. The standard InChI is InChI=1S/C25H31NO5S/c1-6-8-9-10-18-15-21(27)23(20-14-17(5)11-12-19(20)16(3)4)24(28)22(18)25(29)26-32(30,31)13-7-2/h7,11-15,27-28H,3,6,8-10H2,1-2,4-5H3,(H,26,29)/b13-7+. The number of aromatic hydroxyl groups is 2. The topological polar surface area (TPSA) is 104 Å². The van der Waals surface area contributed by atoms with Crippen LogP contribution in [-0.4, -0.2) is 24.5 Å². The molecule has 0 saturated heterocycles. The summed E-state index contributed by atoms with van der Waals surface area (Å²) in [6.45, 7) is 11.2. The predicted octanol–water partition coefficient (Wildman–Crippen LogP) is 5.43. The highest BCUT2D eigenvalue weighted by molar-refractivity contribution is 7.92. The van der Waals surface area contributed by atoms with Crippen molar-refractivity contribution in [2.75, 3.05) is 0 Å². The molecule has 0 radical (unpaired) electrons. The number of phenolic OH excluding ortho intramolecular Hbond substituents is 2. The van der Waals surface area contributed by atoms with E-state index >= 15 is 0 Å². The fourth-order valence-electron chi connectivity index (χ4n) is 3.62. The van der Waals surface area contributed by atoms with Crippen LogP contribution in [-0.2, 0) is 16.4 Å². The summed E-state index contributed by atoms with van der Waals surface area (Å²) in [5.74, 6) is -1.59. The van der Waals surface area contributed by atoms with E-state index in [1.54, 1.807) is 13.0 Å². The highest BCUT2D eigenvalue weighted by Gasteiger charge is 2.26. The first-order chi connectivity index (χ1) is 15.0. The van der Waals surface area contributed by atoms with Crippen molar-refractivity contribution in [1.29, 1.82) is 0 Å². The van der Waals surface area contributed by atoms with Gasteiger partial charge in [-0.25, -0.2) is 13.1 Å². The lowest BCUT2D eigenvalue weighted by molar-refractivity contribution is 0.0978. The number of phenols is 2. The van der Waals surface area contributed by atoms with Crippen LogP contribution in [0.4, 0.5) is 0 Å². The number of benzene rings is 2. The van der Waals surface area contributed by atoms with Gasteiger partial charge in [0, 0.05) is 5.41 Å². The molecule has 32 heavy (non-hydrogen) atoms. The van der Waals surface area contributed by atoms with Crippen LogP contribution in [0.5, 0.6) is 11.5 Å². The molecule has 0 aliphatic carbocycles. The third-order valence-corrected chi connectivity index (χ3v) is 6.19. The highest BCUT2D eigenvalue weighted by atomic mass is 32.2. The molecular weight excluding hydrogens is 426 g/mol. The fraction of sp³-hybridized carbons (Fsp3) is 0.320. The van der Waals surface area contributed by atoms with Crippen molar-refractivity contribution in [2.45, 2.75) is 53.4 Å². The molecule has 3 N–H and O–H groups in total. The summed E-state index contributed by atoms with van der Waals surface area (Å²) in [5.41, 5.74) is 3.11. The van der Waals surface area contributed by atoms with Crippen LogP contribution in [0.3, 0.4) is 0 Å². The molecule has 0 heterocycles. The number of hydrogen-bond acceptors (Lipinski definition) is 5. The van der Waals surface area contributed by atoms with Crippen molar-refractivity contribution in [3.8, 4) is 22.6 Å². The van der Waals surface area contributed by atoms with Gasteiger partial charge in [-0.05, 0) is 56.4 Å². The van der Waals surface area contributed by atoms with Crippen molar-refractivity contribution in [3.63, 3.8) is 0 Å². The average Bonchev–Trinajstić information content (AvgIpc) is 2.67.